The van der Waals surface area contributed by atoms with Crippen LogP contribution in [0.25, 0.3) is 10.8 Å². The van der Waals surface area contributed by atoms with Gasteiger partial charge in [0.05, 0.1) is 10.8 Å². The average molecular weight is 430 g/mol. The van der Waals surface area contributed by atoms with Crippen molar-refractivity contribution in [3.63, 3.8) is 0 Å². The summed E-state index contributed by atoms with van der Waals surface area (Å²) in [5, 5.41) is 4.31. The fraction of sp³-hybridized carbons (Fsp3) is 0.227. The first-order valence-electron chi connectivity index (χ1n) is 9.59. The van der Waals surface area contributed by atoms with E-state index in [-0.39, 0.29) is 17.1 Å². The van der Waals surface area contributed by atoms with Gasteiger partial charge in [0.2, 0.25) is 15.9 Å². The fourth-order valence-electron chi connectivity index (χ4n) is 3.67. The van der Waals surface area contributed by atoms with Gasteiger partial charge in [-0.15, -0.1) is 0 Å². The normalized spacial score (nSPS) is 17.7. The number of rotatable bonds is 4. The van der Waals surface area contributed by atoms with Crippen LogP contribution in [0.1, 0.15) is 12.8 Å². The molecule has 1 N–H and O–H groups in total. The van der Waals surface area contributed by atoms with E-state index in [1.54, 1.807) is 18.2 Å². The lowest BCUT2D eigenvalue weighted by atomic mass is 9.98. The van der Waals surface area contributed by atoms with Crippen LogP contribution in [0.3, 0.4) is 0 Å². The van der Waals surface area contributed by atoms with E-state index in [4.69, 9.17) is 0 Å². The zero-order chi connectivity index (χ0) is 21.3. The Hall–Kier alpha value is -2.84. The Bertz CT molecular complexity index is 1210. The molecule has 1 saturated heterocycles. The smallest absolute Gasteiger partial charge is 0.243 e. The number of carbonyl (C=O) groups is 1. The molecule has 1 aliphatic rings. The summed E-state index contributed by atoms with van der Waals surface area (Å²) in [6, 6.07) is 15.6. The summed E-state index contributed by atoms with van der Waals surface area (Å²) >= 11 is 0. The van der Waals surface area contributed by atoms with Gasteiger partial charge in [0.1, 0.15) is 0 Å². The zero-order valence-electron chi connectivity index (χ0n) is 16.0. The third-order valence-corrected chi connectivity index (χ3v) is 7.16. The van der Waals surface area contributed by atoms with E-state index in [0.717, 1.165) is 22.9 Å². The van der Waals surface area contributed by atoms with E-state index in [1.165, 1.54) is 10.4 Å². The summed E-state index contributed by atoms with van der Waals surface area (Å²) in [5.74, 6) is -3.06. The van der Waals surface area contributed by atoms with Crippen LogP contribution < -0.4 is 5.32 Å². The number of sulfonamides is 1. The predicted molar refractivity (Wildman–Crippen MR) is 110 cm³/mol. The molecular formula is C22H20F2N2O3S. The van der Waals surface area contributed by atoms with Crippen molar-refractivity contribution in [1.29, 1.82) is 0 Å². The summed E-state index contributed by atoms with van der Waals surface area (Å²) in [7, 11) is -3.76. The number of carbonyl (C=O) groups excluding carboxylic acids is 1. The topological polar surface area (TPSA) is 66.5 Å². The maximum Gasteiger partial charge on any atom is 0.243 e. The first-order chi connectivity index (χ1) is 14.3. The van der Waals surface area contributed by atoms with Crippen LogP contribution >= 0.6 is 0 Å². The van der Waals surface area contributed by atoms with Gasteiger partial charge < -0.3 is 5.32 Å². The van der Waals surface area contributed by atoms with Crippen molar-refractivity contribution in [2.45, 2.75) is 17.7 Å². The number of amides is 1. The summed E-state index contributed by atoms with van der Waals surface area (Å²) < 4.78 is 54.0. The van der Waals surface area contributed by atoms with Gasteiger partial charge in [-0.05, 0) is 47.9 Å². The molecule has 0 aliphatic carbocycles. The molecule has 4 rings (SSSR count). The van der Waals surface area contributed by atoms with Crippen LogP contribution in [-0.4, -0.2) is 31.7 Å². The second kappa shape index (κ2) is 8.12. The predicted octanol–water partition coefficient (Wildman–Crippen LogP) is 4.16. The monoisotopic (exact) mass is 430 g/mol. The molecule has 3 aromatic rings. The van der Waals surface area contributed by atoms with Gasteiger partial charge in [0.15, 0.2) is 11.6 Å². The summed E-state index contributed by atoms with van der Waals surface area (Å²) in [6.45, 7) is 0.356. The highest BCUT2D eigenvalue weighted by molar-refractivity contribution is 7.89. The molecule has 3 aromatic carbocycles. The average Bonchev–Trinajstić information content (AvgIpc) is 2.76. The lowest BCUT2D eigenvalue weighted by Gasteiger charge is -2.31. The van der Waals surface area contributed by atoms with E-state index in [9.17, 15) is 22.0 Å². The molecule has 1 fully saturated rings. The van der Waals surface area contributed by atoms with Crippen LogP contribution in [0.2, 0.25) is 0 Å². The second-order valence-corrected chi connectivity index (χ2v) is 9.27. The van der Waals surface area contributed by atoms with E-state index in [0.29, 0.717) is 19.4 Å². The van der Waals surface area contributed by atoms with Crippen molar-refractivity contribution >= 4 is 32.4 Å². The van der Waals surface area contributed by atoms with E-state index in [2.05, 4.69) is 5.32 Å². The van der Waals surface area contributed by atoms with Crippen molar-refractivity contribution in [2.75, 3.05) is 18.4 Å². The molecule has 1 aliphatic heterocycles. The molecule has 30 heavy (non-hydrogen) atoms. The Labute approximate surface area is 173 Å². The van der Waals surface area contributed by atoms with Crippen molar-refractivity contribution in [2.24, 2.45) is 5.92 Å². The molecule has 5 nitrogen and oxygen atoms in total. The van der Waals surface area contributed by atoms with Gasteiger partial charge in [-0.1, -0.05) is 30.3 Å². The molecule has 156 valence electrons. The van der Waals surface area contributed by atoms with Crippen LogP contribution in [0.5, 0.6) is 0 Å². The highest BCUT2D eigenvalue weighted by atomic mass is 32.2. The minimum atomic E-state index is -3.76. The van der Waals surface area contributed by atoms with Crippen molar-refractivity contribution in [3.05, 3.63) is 72.3 Å². The van der Waals surface area contributed by atoms with Crippen LogP contribution in [0, 0.1) is 17.6 Å². The lowest BCUT2D eigenvalue weighted by molar-refractivity contribution is -0.120. The third-order valence-electron chi connectivity index (χ3n) is 5.30. The SMILES string of the molecule is O=C(Nc1ccc(F)c(F)c1)[C@H]1CCCN(S(=O)(=O)c2ccc3ccccc3c2)C1. The van der Waals surface area contributed by atoms with Gasteiger partial charge in [-0.2, -0.15) is 4.31 Å². The zero-order valence-corrected chi connectivity index (χ0v) is 16.8. The maximum atomic E-state index is 13.4. The number of fused-ring (bicyclic) bond motifs is 1. The van der Waals surface area contributed by atoms with Crippen LogP contribution in [0.4, 0.5) is 14.5 Å². The van der Waals surface area contributed by atoms with Gasteiger partial charge in [0, 0.05) is 24.8 Å². The number of nitrogens with one attached hydrogen (secondary N) is 1. The van der Waals surface area contributed by atoms with Crippen molar-refractivity contribution < 1.29 is 22.0 Å². The van der Waals surface area contributed by atoms with Crippen molar-refractivity contribution in [3.8, 4) is 0 Å². The molecule has 0 spiro atoms. The molecule has 1 amide bonds. The Morgan fingerprint density at radius 1 is 0.967 bits per heavy atom. The number of hydrogen-bond donors (Lipinski definition) is 1. The molecule has 0 saturated carbocycles. The van der Waals surface area contributed by atoms with E-state index in [1.807, 2.05) is 24.3 Å². The number of nitrogens with zero attached hydrogens (tertiary/aromatic N) is 1. The third kappa shape index (κ3) is 4.06. The lowest BCUT2D eigenvalue weighted by Crippen LogP contribution is -2.43. The summed E-state index contributed by atoms with van der Waals surface area (Å²) in [4.78, 5) is 12.8. The van der Waals surface area contributed by atoms with Crippen LogP contribution in [0.15, 0.2) is 65.6 Å². The molecule has 0 aromatic heterocycles. The molecule has 0 bridgehead atoms. The minimum Gasteiger partial charge on any atom is -0.326 e. The Kier molecular flexibility index (Phi) is 5.53. The Morgan fingerprint density at radius 2 is 1.73 bits per heavy atom. The molecule has 1 atom stereocenters. The minimum absolute atomic E-state index is 0.0324. The van der Waals surface area contributed by atoms with Gasteiger partial charge in [-0.3, -0.25) is 4.79 Å². The van der Waals surface area contributed by atoms with Gasteiger partial charge in [-0.25, -0.2) is 17.2 Å². The fourth-order valence-corrected chi connectivity index (χ4v) is 5.23. The molecule has 8 heteroatoms. The first-order valence-corrected chi connectivity index (χ1v) is 11.0. The summed E-state index contributed by atoms with van der Waals surface area (Å²) in [5.41, 5.74) is 0.133. The standard InChI is InChI=1S/C22H20F2N2O3S/c23-20-10-8-18(13-21(20)24)25-22(27)17-6-3-11-26(14-17)30(28,29)19-9-7-15-4-1-2-5-16(15)12-19/h1-2,4-5,7-10,12-13,17H,3,6,11,14H2,(H,25,27)/t17-/m0/s1. The quantitative estimate of drug-likeness (QED) is 0.676. The first kappa shape index (κ1) is 20.4. The highest BCUT2D eigenvalue weighted by Gasteiger charge is 2.33. The molecule has 1 heterocycles. The summed E-state index contributed by atoms with van der Waals surface area (Å²) in [6.07, 6.45) is 1.04. The number of benzene rings is 3. The molecule has 0 unspecified atom stereocenters. The number of piperidine rings is 1. The maximum absolute atomic E-state index is 13.4. The van der Waals surface area contributed by atoms with Crippen LogP contribution in [-0.2, 0) is 14.8 Å². The van der Waals surface area contributed by atoms with Crippen molar-refractivity contribution in [1.82, 2.24) is 4.31 Å². The van der Waals surface area contributed by atoms with E-state index >= 15 is 0 Å². The van der Waals surface area contributed by atoms with E-state index < -0.39 is 33.5 Å². The Morgan fingerprint density at radius 3 is 2.50 bits per heavy atom. The molecular weight excluding hydrogens is 410 g/mol. The van der Waals surface area contributed by atoms with Gasteiger partial charge >= 0.3 is 0 Å². The largest absolute Gasteiger partial charge is 0.326 e. The number of hydrogen-bond acceptors (Lipinski definition) is 3. The van der Waals surface area contributed by atoms with Gasteiger partial charge in [0.25, 0.3) is 0 Å². The Balaban J connectivity index is 1.51. The molecule has 0 radical (unpaired) electrons. The number of halogens is 2. The second-order valence-electron chi connectivity index (χ2n) is 7.33. The number of anilines is 1. The highest BCUT2D eigenvalue weighted by Crippen LogP contribution is 2.27.